The fourth-order valence-electron chi connectivity index (χ4n) is 0.137. The van der Waals surface area contributed by atoms with Gasteiger partial charge in [-0.1, -0.05) is 15.9 Å². The lowest BCUT2D eigenvalue weighted by Gasteiger charge is -1.92. The van der Waals surface area contributed by atoms with Crippen LogP contribution in [0.2, 0.25) is 0 Å². The molecular weight excluding hydrogens is 156 g/mol. The maximum Gasteiger partial charge on any atom is 0.0379 e. The Kier molecular flexibility index (Phi) is 3.89. The van der Waals surface area contributed by atoms with Crippen molar-refractivity contribution >= 4 is 28.4 Å². The molecule has 0 radical (unpaired) electrons. The molecule has 2 N–H and O–H groups in total. The molecule has 7 heavy (non-hydrogen) atoms. The van der Waals surface area contributed by atoms with E-state index in [9.17, 15) is 0 Å². The molecule has 0 aliphatic heterocycles. The molecule has 0 saturated heterocycles. The van der Waals surface area contributed by atoms with Gasteiger partial charge in [0.2, 0.25) is 0 Å². The molecule has 0 heterocycles. The Morgan fingerprint density at radius 1 is 1.43 bits per heavy atom. The molecule has 0 bridgehead atoms. The van der Waals surface area contributed by atoms with Crippen molar-refractivity contribution < 1.29 is 0 Å². The van der Waals surface area contributed by atoms with Gasteiger partial charge in [-0.15, -0.1) is 0 Å². The Bertz CT molecular complexity index is 64.1. The van der Waals surface area contributed by atoms with Gasteiger partial charge in [-0.25, -0.2) is 0 Å². The van der Waals surface area contributed by atoms with Crippen LogP contribution in [-0.2, 0) is 0 Å². The third-order valence-electron chi connectivity index (χ3n) is 0.606. The second-order valence-corrected chi connectivity index (χ2v) is 1.80. The molecule has 0 aliphatic carbocycles. The lowest BCUT2D eigenvalue weighted by atomic mass is 10.2. The van der Waals surface area contributed by atoms with E-state index < -0.39 is 0 Å². The summed E-state index contributed by atoms with van der Waals surface area (Å²) >= 11 is 3.13. The summed E-state index contributed by atoms with van der Waals surface area (Å²) < 4.78 is 0. The van der Waals surface area contributed by atoms with Gasteiger partial charge in [0.25, 0.3) is 0 Å². The van der Waals surface area contributed by atoms with Gasteiger partial charge < -0.3 is 10.8 Å². The van der Waals surface area contributed by atoms with Crippen molar-refractivity contribution in [3.8, 4) is 0 Å². The molecule has 0 aliphatic rings. The maximum absolute atomic E-state index is 6.65. The summed E-state index contributed by atoms with van der Waals surface area (Å²) in [6.07, 6.45) is 2.48. The SMILES string of the molecule is N=CC(C=N)CBr. The number of alkyl halides is 1. The molecule has 0 spiro atoms. The standard InChI is InChI=1S/C4H7BrN2/c5-1-4(2-6)3-7/h2-4,6-7H,1H2. The molecule has 0 rings (SSSR count). The van der Waals surface area contributed by atoms with Crippen molar-refractivity contribution in [3.05, 3.63) is 0 Å². The highest BCUT2D eigenvalue weighted by Gasteiger charge is 1.93. The van der Waals surface area contributed by atoms with Crippen LogP contribution in [0.3, 0.4) is 0 Å². The molecule has 0 fully saturated rings. The fourth-order valence-corrected chi connectivity index (χ4v) is 0.511. The van der Waals surface area contributed by atoms with E-state index in [0.717, 1.165) is 0 Å². The van der Waals surface area contributed by atoms with Gasteiger partial charge in [0.15, 0.2) is 0 Å². The lowest BCUT2D eigenvalue weighted by Crippen LogP contribution is -2.02. The van der Waals surface area contributed by atoms with Crippen molar-refractivity contribution in [3.63, 3.8) is 0 Å². The summed E-state index contributed by atoms with van der Waals surface area (Å²) in [5.74, 6) is -0.0139. The number of nitrogens with one attached hydrogen (secondary N) is 2. The van der Waals surface area contributed by atoms with Crippen LogP contribution >= 0.6 is 15.9 Å². The van der Waals surface area contributed by atoms with E-state index in [0.29, 0.717) is 5.33 Å². The topological polar surface area (TPSA) is 47.7 Å². The van der Waals surface area contributed by atoms with Gasteiger partial charge in [0, 0.05) is 23.7 Å². The minimum absolute atomic E-state index is 0.0139. The smallest absolute Gasteiger partial charge is 0.0379 e. The second-order valence-electron chi connectivity index (χ2n) is 1.15. The zero-order valence-corrected chi connectivity index (χ0v) is 5.40. The first-order chi connectivity index (χ1) is 3.35. The maximum atomic E-state index is 6.65. The van der Waals surface area contributed by atoms with Gasteiger partial charge in [-0.3, -0.25) is 0 Å². The van der Waals surface area contributed by atoms with Gasteiger partial charge in [0.05, 0.1) is 0 Å². The van der Waals surface area contributed by atoms with E-state index in [1.807, 2.05) is 0 Å². The van der Waals surface area contributed by atoms with Crippen LogP contribution < -0.4 is 0 Å². The number of hydrogen-bond acceptors (Lipinski definition) is 2. The summed E-state index contributed by atoms with van der Waals surface area (Å²) in [5, 5.41) is 14.0. The van der Waals surface area contributed by atoms with Crippen LogP contribution in [0.1, 0.15) is 0 Å². The third-order valence-corrected chi connectivity index (χ3v) is 1.35. The molecule has 0 saturated carbocycles. The average molecular weight is 163 g/mol. The van der Waals surface area contributed by atoms with Gasteiger partial charge in [-0.2, -0.15) is 0 Å². The zero-order valence-electron chi connectivity index (χ0n) is 3.82. The Morgan fingerprint density at radius 3 is 1.86 bits per heavy atom. The first-order valence-corrected chi connectivity index (χ1v) is 3.04. The van der Waals surface area contributed by atoms with E-state index in [1.54, 1.807) is 0 Å². The van der Waals surface area contributed by atoms with Crippen molar-refractivity contribution in [2.24, 2.45) is 5.92 Å². The molecule has 0 aromatic rings. The van der Waals surface area contributed by atoms with Crippen LogP contribution in [0, 0.1) is 16.7 Å². The van der Waals surface area contributed by atoms with E-state index in [4.69, 9.17) is 10.8 Å². The molecule has 0 amide bonds. The van der Waals surface area contributed by atoms with Crippen LogP contribution in [0.5, 0.6) is 0 Å². The van der Waals surface area contributed by atoms with E-state index in [-0.39, 0.29) is 5.92 Å². The van der Waals surface area contributed by atoms with Crippen LogP contribution in [0.4, 0.5) is 0 Å². The third kappa shape index (κ3) is 2.51. The molecule has 40 valence electrons. The number of halogens is 1. The lowest BCUT2D eigenvalue weighted by molar-refractivity contribution is 1.12. The van der Waals surface area contributed by atoms with Gasteiger partial charge in [-0.05, 0) is 0 Å². The van der Waals surface area contributed by atoms with E-state index >= 15 is 0 Å². The Labute approximate surface area is 51.1 Å². The van der Waals surface area contributed by atoms with Crippen LogP contribution in [0.15, 0.2) is 0 Å². The molecule has 0 aromatic heterocycles. The largest absolute Gasteiger partial charge is 0.312 e. The predicted molar refractivity (Wildman–Crippen MR) is 34.9 cm³/mol. The van der Waals surface area contributed by atoms with Gasteiger partial charge >= 0.3 is 0 Å². The monoisotopic (exact) mass is 162 g/mol. The summed E-state index contributed by atoms with van der Waals surface area (Å²) in [4.78, 5) is 0. The zero-order chi connectivity index (χ0) is 5.70. The summed E-state index contributed by atoms with van der Waals surface area (Å²) in [7, 11) is 0. The molecule has 2 nitrogen and oxygen atoms in total. The van der Waals surface area contributed by atoms with E-state index in [1.165, 1.54) is 12.4 Å². The highest BCUT2D eigenvalue weighted by atomic mass is 79.9. The number of hydrogen-bond donors (Lipinski definition) is 2. The predicted octanol–water partition coefficient (Wildman–Crippen LogP) is 1.30. The number of rotatable bonds is 3. The molecular formula is C4H7BrN2. The normalized spacial score (nSPS) is 12.7. The fraction of sp³-hybridized carbons (Fsp3) is 0.500. The second kappa shape index (κ2) is 3.99. The van der Waals surface area contributed by atoms with Crippen molar-refractivity contribution in [1.82, 2.24) is 0 Å². The molecule has 0 aromatic carbocycles. The Balaban J connectivity index is 3.36. The quantitative estimate of drug-likeness (QED) is 0.465. The summed E-state index contributed by atoms with van der Waals surface area (Å²) in [6, 6.07) is 0. The Morgan fingerprint density at radius 2 is 1.86 bits per heavy atom. The average Bonchev–Trinajstić information content (AvgIpc) is 1.72. The van der Waals surface area contributed by atoms with Gasteiger partial charge in [0.1, 0.15) is 0 Å². The summed E-state index contributed by atoms with van der Waals surface area (Å²) in [6.45, 7) is 0. The highest BCUT2D eigenvalue weighted by Crippen LogP contribution is 1.91. The molecule has 0 atom stereocenters. The molecule has 0 unspecified atom stereocenters. The van der Waals surface area contributed by atoms with Crippen LogP contribution in [0.25, 0.3) is 0 Å². The van der Waals surface area contributed by atoms with Crippen LogP contribution in [-0.4, -0.2) is 17.8 Å². The van der Waals surface area contributed by atoms with Crippen molar-refractivity contribution in [1.29, 1.82) is 10.8 Å². The van der Waals surface area contributed by atoms with Crippen molar-refractivity contribution in [2.75, 3.05) is 5.33 Å². The van der Waals surface area contributed by atoms with Crippen molar-refractivity contribution in [2.45, 2.75) is 0 Å². The minimum Gasteiger partial charge on any atom is -0.312 e. The first-order valence-electron chi connectivity index (χ1n) is 1.92. The van der Waals surface area contributed by atoms with E-state index in [2.05, 4.69) is 15.9 Å². The summed E-state index contributed by atoms with van der Waals surface area (Å²) in [5.41, 5.74) is 0. The Hall–Kier alpha value is -0.180. The first kappa shape index (κ1) is 6.82. The minimum atomic E-state index is -0.0139. The highest BCUT2D eigenvalue weighted by molar-refractivity contribution is 9.09. The molecule has 3 heteroatoms.